The fraction of sp³-hybridized carbons (Fsp3) is 0.143. The van der Waals surface area contributed by atoms with E-state index in [-0.39, 0.29) is 12.7 Å². The van der Waals surface area contributed by atoms with Gasteiger partial charge in [0.15, 0.2) is 16.6 Å². The summed E-state index contributed by atoms with van der Waals surface area (Å²) in [4.78, 5) is 16.7. The molecule has 136 valence electrons. The first kappa shape index (κ1) is 17.3. The Labute approximate surface area is 161 Å². The third-order valence-corrected chi connectivity index (χ3v) is 4.97. The van der Waals surface area contributed by atoms with Gasteiger partial charge in [-0.1, -0.05) is 37.3 Å². The van der Waals surface area contributed by atoms with Crippen LogP contribution in [0.3, 0.4) is 0 Å². The molecule has 0 bridgehead atoms. The molecular weight excluding hydrogens is 360 g/mol. The van der Waals surface area contributed by atoms with Crippen LogP contribution in [0.5, 0.6) is 11.5 Å². The van der Waals surface area contributed by atoms with Gasteiger partial charge in [0, 0.05) is 17.0 Å². The molecule has 3 aromatic rings. The van der Waals surface area contributed by atoms with E-state index in [0.717, 1.165) is 29.0 Å². The van der Waals surface area contributed by atoms with Gasteiger partial charge < -0.3 is 9.47 Å². The summed E-state index contributed by atoms with van der Waals surface area (Å²) in [5.74, 6) is 1.19. The number of amides is 1. The molecule has 1 aromatic heterocycles. The van der Waals surface area contributed by atoms with Crippen LogP contribution in [0, 0.1) is 0 Å². The zero-order valence-corrected chi connectivity index (χ0v) is 15.6. The molecule has 2 heterocycles. The minimum Gasteiger partial charge on any atom is -0.454 e. The Morgan fingerprint density at radius 3 is 2.81 bits per heavy atom. The van der Waals surface area contributed by atoms with Gasteiger partial charge >= 0.3 is 0 Å². The second-order valence-electron chi connectivity index (χ2n) is 6.02. The van der Waals surface area contributed by atoms with Crippen molar-refractivity contribution in [2.24, 2.45) is 0 Å². The maximum absolute atomic E-state index is 12.2. The first-order valence-corrected chi connectivity index (χ1v) is 9.53. The molecule has 0 spiro atoms. The number of carbonyl (C=O) groups excluding carboxylic acids is 1. The zero-order valence-electron chi connectivity index (χ0n) is 14.8. The molecular formula is C21H18N2O3S. The molecule has 1 aliphatic heterocycles. The van der Waals surface area contributed by atoms with Crippen LogP contribution in [0.2, 0.25) is 0 Å². The largest absolute Gasteiger partial charge is 0.454 e. The minimum absolute atomic E-state index is 0.227. The monoisotopic (exact) mass is 378 g/mol. The number of nitrogens with one attached hydrogen (secondary N) is 1. The van der Waals surface area contributed by atoms with Crippen LogP contribution in [0.4, 0.5) is 5.13 Å². The van der Waals surface area contributed by atoms with Crippen molar-refractivity contribution in [2.45, 2.75) is 13.3 Å². The Morgan fingerprint density at radius 2 is 2.00 bits per heavy atom. The Bertz CT molecular complexity index is 993. The van der Waals surface area contributed by atoms with E-state index in [1.165, 1.54) is 23.0 Å². The van der Waals surface area contributed by atoms with Crippen LogP contribution >= 0.6 is 11.3 Å². The predicted molar refractivity (Wildman–Crippen MR) is 107 cm³/mol. The molecule has 0 fully saturated rings. The van der Waals surface area contributed by atoms with Gasteiger partial charge in [0.2, 0.25) is 12.7 Å². The minimum atomic E-state index is -0.227. The number of hydrogen-bond donors (Lipinski definition) is 1. The van der Waals surface area contributed by atoms with E-state index < -0.39 is 0 Å². The van der Waals surface area contributed by atoms with Crippen LogP contribution < -0.4 is 14.8 Å². The molecule has 0 saturated heterocycles. The van der Waals surface area contributed by atoms with Gasteiger partial charge in [0.25, 0.3) is 0 Å². The molecule has 1 aliphatic rings. The van der Waals surface area contributed by atoms with E-state index in [9.17, 15) is 4.79 Å². The van der Waals surface area contributed by atoms with Crippen molar-refractivity contribution >= 4 is 28.5 Å². The average molecular weight is 378 g/mol. The number of nitrogens with zero attached hydrogens (tertiary/aromatic N) is 1. The fourth-order valence-electron chi connectivity index (χ4n) is 2.71. The van der Waals surface area contributed by atoms with Crippen LogP contribution in [0.15, 0.2) is 53.9 Å². The van der Waals surface area contributed by atoms with Crippen LogP contribution in [-0.4, -0.2) is 17.7 Å². The topological polar surface area (TPSA) is 60.5 Å². The number of carbonyl (C=O) groups is 1. The zero-order chi connectivity index (χ0) is 18.6. The van der Waals surface area contributed by atoms with Gasteiger partial charge in [0.05, 0.1) is 5.69 Å². The lowest BCUT2D eigenvalue weighted by atomic mass is 10.1. The van der Waals surface area contributed by atoms with Crippen molar-refractivity contribution in [1.29, 1.82) is 0 Å². The number of ether oxygens (including phenoxy) is 2. The lowest BCUT2D eigenvalue weighted by molar-refractivity contribution is -0.111. The number of hydrogen-bond acceptors (Lipinski definition) is 5. The summed E-state index contributed by atoms with van der Waals surface area (Å²) in [6.45, 7) is 2.36. The van der Waals surface area contributed by atoms with Crippen molar-refractivity contribution in [3.05, 3.63) is 65.0 Å². The molecule has 1 N–H and O–H groups in total. The molecule has 6 heteroatoms. The quantitative estimate of drug-likeness (QED) is 0.651. The van der Waals surface area contributed by atoms with Crippen molar-refractivity contribution in [3.8, 4) is 22.8 Å². The molecule has 0 saturated carbocycles. The van der Waals surface area contributed by atoms with E-state index in [2.05, 4.69) is 41.5 Å². The Morgan fingerprint density at radius 1 is 1.19 bits per heavy atom. The second-order valence-corrected chi connectivity index (χ2v) is 6.88. The molecule has 27 heavy (non-hydrogen) atoms. The summed E-state index contributed by atoms with van der Waals surface area (Å²) < 4.78 is 10.6. The number of anilines is 1. The number of rotatable bonds is 5. The van der Waals surface area contributed by atoms with Crippen molar-refractivity contribution in [1.82, 2.24) is 4.98 Å². The highest BCUT2D eigenvalue weighted by Gasteiger charge is 2.12. The molecule has 0 aliphatic carbocycles. The summed E-state index contributed by atoms with van der Waals surface area (Å²) in [6.07, 6.45) is 4.22. The predicted octanol–water partition coefficient (Wildman–Crippen LogP) is 4.75. The first-order valence-electron chi connectivity index (χ1n) is 8.65. The van der Waals surface area contributed by atoms with E-state index in [1.807, 2.05) is 23.6 Å². The lowest BCUT2D eigenvalue weighted by Crippen LogP contribution is -2.07. The van der Waals surface area contributed by atoms with Gasteiger partial charge in [-0.05, 0) is 35.8 Å². The number of aromatic nitrogens is 1. The SMILES string of the molecule is CCc1ccc(-c2csc(NC(=O)C=Cc3ccc4c(c3)OCO4)n2)cc1. The number of fused-ring (bicyclic) bond motifs is 1. The highest BCUT2D eigenvalue weighted by Crippen LogP contribution is 2.32. The molecule has 0 atom stereocenters. The lowest BCUT2D eigenvalue weighted by Gasteiger charge is -2.00. The summed E-state index contributed by atoms with van der Waals surface area (Å²) in [6, 6.07) is 13.9. The summed E-state index contributed by atoms with van der Waals surface area (Å²) >= 11 is 1.41. The van der Waals surface area contributed by atoms with Gasteiger partial charge in [-0.2, -0.15) is 0 Å². The smallest absolute Gasteiger partial charge is 0.250 e. The standard InChI is InChI=1S/C21H18N2O3S/c1-2-14-3-7-16(8-4-14)17-12-27-21(22-17)23-20(24)10-6-15-5-9-18-19(11-15)26-13-25-18/h3-12H,2,13H2,1H3,(H,22,23,24). The summed E-state index contributed by atoms with van der Waals surface area (Å²) in [5.41, 5.74) is 4.05. The number of aryl methyl sites for hydroxylation is 1. The number of thiazole rings is 1. The fourth-order valence-corrected chi connectivity index (χ4v) is 3.43. The summed E-state index contributed by atoms with van der Waals surface area (Å²) in [5, 5.41) is 5.32. The van der Waals surface area contributed by atoms with Gasteiger partial charge in [-0.15, -0.1) is 11.3 Å². The van der Waals surface area contributed by atoms with E-state index in [4.69, 9.17) is 9.47 Å². The van der Waals surface area contributed by atoms with Crippen molar-refractivity contribution < 1.29 is 14.3 Å². The summed E-state index contributed by atoms with van der Waals surface area (Å²) in [7, 11) is 0. The van der Waals surface area contributed by atoms with Gasteiger partial charge in [0.1, 0.15) is 0 Å². The third kappa shape index (κ3) is 4.01. The molecule has 2 aromatic carbocycles. The number of benzene rings is 2. The molecule has 5 nitrogen and oxygen atoms in total. The van der Waals surface area contributed by atoms with Crippen LogP contribution in [0.25, 0.3) is 17.3 Å². The van der Waals surface area contributed by atoms with Crippen LogP contribution in [0.1, 0.15) is 18.1 Å². The maximum atomic E-state index is 12.2. The Balaban J connectivity index is 1.40. The normalized spacial score (nSPS) is 12.5. The molecule has 0 unspecified atom stereocenters. The highest BCUT2D eigenvalue weighted by molar-refractivity contribution is 7.14. The Kier molecular flexibility index (Phi) is 4.89. The van der Waals surface area contributed by atoms with Gasteiger partial charge in [-0.3, -0.25) is 10.1 Å². The second kappa shape index (κ2) is 7.63. The molecule has 1 amide bonds. The van der Waals surface area contributed by atoms with Gasteiger partial charge in [-0.25, -0.2) is 4.98 Å². The molecule has 0 radical (unpaired) electrons. The third-order valence-electron chi connectivity index (χ3n) is 4.22. The van der Waals surface area contributed by atoms with E-state index in [1.54, 1.807) is 6.08 Å². The van der Waals surface area contributed by atoms with Crippen LogP contribution in [-0.2, 0) is 11.2 Å². The van der Waals surface area contributed by atoms with Crippen molar-refractivity contribution in [2.75, 3.05) is 12.1 Å². The highest BCUT2D eigenvalue weighted by atomic mass is 32.1. The van der Waals surface area contributed by atoms with E-state index in [0.29, 0.717) is 10.9 Å². The molecule has 4 rings (SSSR count). The first-order chi connectivity index (χ1) is 13.2. The maximum Gasteiger partial charge on any atom is 0.250 e. The van der Waals surface area contributed by atoms with E-state index >= 15 is 0 Å². The van der Waals surface area contributed by atoms with Crippen molar-refractivity contribution in [3.63, 3.8) is 0 Å². The Hall–Kier alpha value is -3.12. The average Bonchev–Trinajstić information content (AvgIpc) is 3.35.